The number of nitrogens with zero attached hydrogens (tertiary/aromatic N) is 3. The number of rotatable bonds is 5. The van der Waals surface area contributed by atoms with E-state index in [2.05, 4.69) is 4.99 Å². The maximum Gasteiger partial charge on any atom is 0.279 e. The minimum atomic E-state index is -0.414. The zero-order valence-corrected chi connectivity index (χ0v) is 16.9. The monoisotopic (exact) mass is 401 g/mol. The van der Waals surface area contributed by atoms with Crippen LogP contribution in [-0.2, 0) is 6.54 Å². The zero-order chi connectivity index (χ0) is 19.6. The molecular weight excluding hydrogens is 382 g/mol. The third-order valence-corrected chi connectivity index (χ3v) is 5.84. The van der Waals surface area contributed by atoms with E-state index >= 15 is 0 Å². The first-order chi connectivity index (χ1) is 12.9. The van der Waals surface area contributed by atoms with Crippen LogP contribution in [0.25, 0.3) is 10.2 Å². The Kier molecular flexibility index (Phi) is 5.76. The van der Waals surface area contributed by atoms with Gasteiger partial charge < -0.3 is 4.57 Å². The largest absolute Gasteiger partial charge is 0.315 e. The lowest BCUT2D eigenvalue weighted by molar-refractivity contribution is -0.384. The van der Waals surface area contributed by atoms with Crippen molar-refractivity contribution in [2.24, 2.45) is 4.99 Å². The molecule has 0 bridgehead atoms. The van der Waals surface area contributed by atoms with Crippen molar-refractivity contribution in [2.75, 3.05) is 12.0 Å². The molecule has 0 fully saturated rings. The van der Waals surface area contributed by atoms with E-state index in [1.807, 2.05) is 36.8 Å². The Morgan fingerprint density at radius 3 is 2.70 bits per heavy atom. The van der Waals surface area contributed by atoms with E-state index < -0.39 is 4.92 Å². The first-order valence-corrected chi connectivity index (χ1v) is 10.5. The fourth-order valence-electron chi connectivity index (χ4n) is 2.86. The lowest BCUT2D eigenvalue weighted by atomic mass is 10.1. The molecule has 0 saturated heterocycles. The summed E-state index contributed by atoms with van der Waals surface area (Å²) in [5.74, 6) is 0.555. The summed E-state index contributed by atoms with van der Waals surface area (Å²) in [4.78, 5) is 28.3. The van der Waals surface area contributed by atoms with E-state index in [1.165, 1.54) is 23.5 Å². The molecular formula is C19H19N3O3S2. The minimum absolute atomic E-state index is 0.0352. The Morgan fingerprint density at radius 2 is 2.04 bits per heavy atom. The molecule has 0 saturated carbocycles. The van der Waals surface area contributed by atoms with Crippen LogP contribution in [0.15, 0.2) is 41.4 Å². The molecule has 0 aliphatic carbocycles. The van der Waals surface area contributed by atoms with Crippen molar-refractivity contribution < 1.29 is 9.72 Å². The second-order valence-electron chi connectivity index (χ2n) is 6.17. The van der Waals surface area contributed by atoms with Crippen LogP contribution in [0, 0.1) is 24.0 Å². The third-order valence-electron chi connectivity index (χ3n) is 4.21. The summed E-state index contributed by atoms with van der Waals surface area (Å²) >= 11 is 2.99. The van der Waals surface area contributed by atoms with Crippen LogP contribution in [0.3, 0.4) is 0 Å². The highest BCUT2D eigenvalue weighted by Crippen LogP contribution is 2.23. The van der Waals surface area contributed by atoms with E-state index in [0.717, 1.165) is 27.1 Å². The van der Waals surface area contributed by atoms with Crippen LogP contribution >= 0.6 is 23.1 Å². The number of amides is 1. The van der Waals surface area contributed by atoms with Gasteiger partial charge in [0.25, 0.3) is 11.6 Å². The summed E-state index contributed by atoms with van der Waals surface area (Å²) < 4.78 is 2.71. The average Bonchev–Trinajstić information content (AvgIpc) is 2.95. The molecule has 0 aliphatic rings. The zero-order valence-electron chi connectivity index (χ0n) is 15.3. The summed E-state index contributed by atoms with van der Waals surface area (Å²) in [5, 5.41) is 11.1. The van der Waals surface area contributed by atoms with Gasteiger partial charge in [0, 0.05) is 30.0 Å². The van der Waals surface area contributed by atoms with E-state index in [1.54, 1.807) is 23.9 Å². The van der Waals surface area contributed by atoms with Crippen LogP contribution in [0.4, 0.5) is 5.69 Å². The number of fused-ring (bicyclic) bond motifs is 1. The second kappa shape index (κ2) is 8.06. The SMILES string of the molecule is CSCCn1c(=NC(=O)c2ccc(C)cc2C)sc2cc([N+](=O)[O-])ccc21. The number of thioether (sulfide) groups is 1. The summed E-state index contributed by atoms with van der Waals surface area (Å²) in [6, 6.07) is 10.4. The van der Waals surface area contributed by atoms with Crippen LogP contribution in [0.2, 0.25) is 0 Å². The number of benzene rings is 2. The van der Waals surface area contributed by atoms with Gasteiger partial charge in [0.05, 0.1) is 15.1 Å². The molecule has 8 heteroatoms. The minimum Gasteiger partial charge on any atom is -0.315 e. The van der Waals surface area contributed by atoms with Crippen LogP contribution in [-0.4, -0.2) is 27.4 Å². The van der Waals surface area contributed by atoms with Crippen LogP contribution in [0.1, 0.15) is 21.5 Å². The molecule has 0 spiro atoms. The predicted molar refractivity (Wildman–Crippen MR) is 111 cm³/mol. The molecule has 1 amide bonds. The fourth-order valence-corrected chi connectivity index (χ4v) is 4.31. The lowest BCUT2D eigenvalue weighted by Crippen LogP contribution is -2.18. The Bertz CT molecular complexity index is 1100. The molecule has 0 N–H and O–H groups in total. The molecule has 27 heavy (non-hydrogen) atoms. The van der Waals surface area contributed by atoms with Gasteiger partial charge in [-0.1, -0.05) is 29.0 Å². The van der Waals surface area contributed by atoms with Crippen LogP contribution in [0.5, 0.6) is 0 Å². The van der Waals surface area contributed by atoms with Gasteiger partial charge in [-0.25, -0.2) is 0 Å². The molecule has 0 unspecified atom stereocenters. The number of hydrogen-bond donors (Lipinski definition) is 0. The summed E-state index contributed by atoms with van der Waals surface area (Å²) in [6.45, 7) is 4.55. The number of aryl methyl sites for hydroxylation is 3. The average molecular weight is 402 g/mol. The maximum atomic E-state index is 12.7. The number of hydrogen-bond acceptors (Lipinski definition) is 5. The van der Waals surface area contributed by atoms with Crippen molar-refractivity contribution >= 4 is 44.9 Å². The van der Waals surface area contributed by atoms with Gasteiger partial charge in [-0.05, 0) is 37.8 Å². The maximum absolute atomic E-state index is 12.7. The Labute approximate surface area is 164 Å². The molecule has 3 aromatic rings. The van der Waals surface area contributed by atoms with Crippen molar-refractivity contribution in [3.05, 3.63) is 68.0 Å². The first-order valence-electron chi connectivity index (χ1n) is 8.33. The smallest absolute Gasteiger partial charge is 0.279 e. The molecule has 1 aromatic heterocycles. The molecule has 6 nitrogen and oxygen atoms in total. The number of carbonyl (C=O) groups is 1. The van der Waals surface area contributed by atoms with Crippen LogP contribution < -0.4 is 4.80 Å². The molecule has 140 valence electrons. The molecule has 3 rings (SSSR count). The first kappa shape index (κ1) is 19.3. The Morgan fingerprint density at radius 1 is 1.26 bits per heavy atom. The molecule has 0 atom stereocenters. The van der Waals surface area contributed by atoms with Crippen molar-refractivity contribution in [3.8, 4) is 0 Å². The quantitative estimate of drug-likeness (QED) is 0.471. The number of thiazole rings is 1. The highest BCUT2D eigenvalue weighted by atomic mass is 32.2. The van der Waals surface area contributed by atoms with Crippen molar-refractivity contribution in [1.82, 2.24) is 4.57 Å². The van der Waals surface area contributed by atoms with E-state index in [0.29, 0.717) is 16.9 Å². The number of nitro benzene ring substituents is 1. The molecule has 2 aromatic carbocycles. The summed E-state index contributed by atoms with van der Waals surface area (Å²) in [5.41, 5.74) is 3.43. The molecule has 1 heterocycles. The van der Waals surface area contributed by atoms with Crippen molar-refractivity contribution in [1.29, 1.82) is 0 Å². The van der Waals surface area contributed by atoms with Gasteiger partial charge in [-0.15, -0.1) is 0 Å². The van der Waals surface area contributed by atoms with E-state index in [9.17, 15) is 14.9 Å². The molecule has 0 aliphatic heterocycles. The van der Waals surface area contributed by atoms with E-state index in [-0.39, 0.29) is 11.6 Å². The van der Waals surface area contributed by atoms with Crippen molar-refractivity contribution in [2.45, 2.75) is 20.4 Å². The highest BCUT2D eigenvalue weighted by Gasteiger charge is 2.14. The summed E-state index contributed by atoms with van der Waals surface area (Å²) in [7, 11) is 0. The number of nitro groups is 1. The van der Waals surface area contributed by atoms with Gasteiger partial charge in [-0.2, -0.15) is 16.8 Å². The normalized spacial score (nSPS) is 11.9. The standard InChI is InChI=1S/C19H19N3O3S2/c1-12-4-6-15(13(2)10-12)18(23)20-19-21(8-9-26-3)16-7-5-14(22(24)25)11-17(16)27-19/h4-7,10-11H,8-9H2,1-3H3. The third kappa shape index (κ3) is 4.12. The van der Waals surface area contributed by atoms with Gasteiger partial charge in [0.1, 0.15) is 0 Å². The number of aromatic nitrogens is 1. The number of carbonyl (C=O) groups excluding carboxylic acids is 1. The Hall–Kier alpha value is -2.45. The van der Waals surface area contributed by atoms with Gasteiger partial charge in [-0.3, -0.25) is 14.9 Å². The van der Waals surface area contributed by atoms with E-state index in [4.69, 9.17) is 0 Å². The topological polar surface area (TPSA) is 77.5 Å². The van der Waals surface area contributed by atoms with Gasteiger partial charge in [0.15, 0.2) is 4.80 Å². The predicted octanol–water partition coefficient (Wildman–Crippen LogP) is 4.33. The van der Waals surface area contributed by atoms with Crippen molar-refractivity contribution in [3.63, 3.8) is 0 Å². The van der Waals surface area contributed by atoms with Gasteiger partial charge in [0.2, 0.25) is 0 Å². The molecule has 0 radical (unpaired) electrons. The summed E-state index contributed by atoms with van der Waals surface area (Å²) in [6.07, 6.45) is 2.01. The Balaban J connectivity index is 2.14. The number of non-ortho nitro benzene ring substituents is 1. The fraction of sp³-hybridized carbons (Fsp3) is 0.263. The lowest BCUT2D eigenvalue weighted by Gasteiger charge is -2.05. The highest BCUT2D eigenvalue weighted by molar-refractivity contribution is 7.98. The van der Waals surface area contributed by atoms with Gasteiger partial charge >= 0.3 is 0 Å². The second-order valence-corrected chi connectivity index (χ2v) is 8.17.